The number of hydrogen-bond donors (Lipinski definition) is 2. The highest BCUT2D eigenvalue weighted by molar-refractivity contribution is 7.90. The van der Waals surface area contributed by atoms with Gasteiger partial charge in [-0.3, -0.25) is 9.59 Å². The van der Waals surface area contributed by atoms with Gasteiger partial charge in [0.15, 0.2) is 5.25 Å². The van der Waals surface area contributed by atoms with Crippen molar-refractivity contribution in [1.82, 2.24) is 4.31 Å². The lowest BCUT2D eigenvalue weighted by Gasteiger charge is -2.34. The molecule has 0 aromatic heterocycles. The minimum atomic E-state index is -3.92. The maximum Gasteiger partial charge on any atom is 0.308 e. The maximum absolute atomic E-state index is 12.2. The molecule has 0 aliphatic carbocycles. The topological polar surface area (TPSA) is 136 Å². The van der Waals surface area contributed by atoms with Crippen molar-refractivity contribution < 1.29 is 28.2 Å². The minimum Gasteiger partial charge on any atom is -0.481 e. The Morgan fingerprint density at radius 3 is 2.30 bits per heavy atom. The van der Waals surface area contributed by atoms with Gasteiger partial charge < -0.3 is 10.2 Å². The Bertz CT molecular complexity index is 538. The molecule has 3 unspecified atom stereocenters. The molecule has 20 heavy (non-hydrogen) atoms. The predicted molar refractivity (Wildman–Crippen MR) is 67.1 cm³/mol. The molecule has 1 saturated heterocycles. The number of aliphatic carboxylic acids is 2. The standard InChI is InChI=1S/C11H16N2O6S/c1-2-7(5-12)20(18,19)13-4-3-8(10(14)15)9(6-13)11(16)17/h7-9H,2-4,6H2,1H3,(H,14,15)(H,16,17). The van der Waals surface area contributed by atoms with E-state index in [1.54, 1.807) is 13.0 Å². The Morgan fingerprint density at radius 1 is 1.35 bits per heavy atom. The summed E-state index contributed by atoms with van der Waals surface area (Å²) in [7, 11) is -3.92. The Hall–Kier alpha value is -1.66. The molecule has 3 atom stereocenters. The van der Waals surface area contributed by atoms with Gasteiger partial charge in [0, 0.05) is 13.1 Å². The van der Waals surface area contributed by atoms with Crippen LogP contribution in [0.4, 0.5) is 0 Å². The van der Waals surface area contributed by atoms with E-state index in [4.69, 9.17) is 15.5 Å². The smallest absolute Gasteiger partial charge is 0.308 e. The summed E-state index contributed by atoms with van der Waals surface area (Å²) in [6, 6.07) is 1.67. The van der Waals surface area contributed by atoms with E-state index in [2.05, 4.69) is 0 Å². The Kier molecular flexibility index (Phi) is 5.08. The molecule has 9 heteroatoms. The van der Waals surface area contributed by atoms with E-state index in [-0.39, 0.29) is 19.4 Å². The van der Waals surface area contributed by atoms with Crippen molar-refractivity contribution >= 4 is 22.0 Å². The normalized spacial score (nSPS) is 25.6. The van der Waals surface area contributed by atoms with Gasteiger partial charge in [0.1, 0.15) is 0 Å². The zero-order valence-electron chi connectivity index (χ0n) is 10.9. The molecule has 1 rings (SSSR count). The molecule has 0 saturated carbocycles. The third kappa shape index (κ3) is 3.08. The van der Waals surface area contributed by atoms with E-state index in [1.165, 1.54) is 0 Å². The molecule has 1 heterocycles. The van der Waals surface area contributed by atoms with Crippen LogP contribution in [0, 0.1) is 23.2 Å². The zero-order chi connectivity index (χ0) is 15.5. The predicted octanol–water partition coefficient (Wildman–Crippen LogP) is -0.274. The number of rotatable bonds is 5. The SMILES string of the molecule is CCC(C#N)S(=O)(=O)N1CCC(C(=O)O)C(C(=O)O)C1. The molecule has 2 N–H and O–H groups in total. The number of carbonyl (C=O) groups is 2. The largest absolute Gasteiger partial charge is 0.481 e. The van der Waals surface area contributed by atoms with Crippen LogP contribution in [0.3, 0.4) is 0 Å². The minimum absolute atomic E-state index is 0.0760. The van der Waals surface area contributed by atoms with Gasteiger partial charge in [-0.05, 0) is 12.8 Å². The molecule has 8 nitrogen and oxygen atoms in total. The zero-order valence-corrected chi connectivity index (χ0v) is 11.7. The molecule has 1 aliphatic rings. The average Bonchev–Trinajstić information content (AvgIpc) is 2.38. The molecule has 112 valence electrons. The van der Waals surface area contributed by atoms with Gasteiger partial charge >= 0.3 is 11.9 Å². The molecule has 1 fully saturated rings. The van der Waals surface area contributed by atoms with Crippen LogP contribution in [0.25, 0.3) is 0 Å². The fourth-order valence-electron chi connectivity index (χ4n) is 2.25. The Morgan fingerprint density at radius 2 is 1.90 bits per heavy atom. The number of nitriles is 1. The molecule has 0 bridgehead atoms. The summed E-state index contributed by atoms with van der Waals surface area (Å²) in [5.74, 6) is -5.00. The van der Waals surface area contributed by atoms with E-state index >= 15 is 0 Å². The quantitative estimate of drug-likeness (QED) is 0.713. The number of piperidine rings is 1. The van der Waals surface area contributed by atoms with Gasteiger partial charge in [-0.1, -0.05) is 6.92 Å². The molecule has 1 aliphatic heterocycles. The van der Waals surface area contributed by atoms with Crippen molar-refractivity contribution in [2.75, 3.05) is 13.1 Å². The highest BCUT2D eigenvalue weighted by Crippen LogP contribution is 2.27. The second-order valence-corrected chi connectivity index (χ2v) is 6.72. The van der Waals surface area contributed by atoms with Crippen LogP contribution in [0.1, 0.15) is 19.8 Å². The summed E-state index contributed by atoms with van der Waals surface area (Å²) in [4.78, 5) is 22.1. The summed E-state index contributed by atoms with van der Waals surface area (Å²) in [5, 5.41) is 25.6. The van der Waals surface area contributed by atoms with Gasteiger partial charge in [0.05, 0.1) is 17.9 Å². The van der Waals surface area contributed by atoms with E-state index in [0.717, 1.165) is 4.31 Å². The Labute approximate surface area is 116 Å². The summed E-state index contributed by atoms with van der Waals surface area (Å²) in [5.41, 5.74) is 0. The van der Waals surface area contributed by atoms with Crippen molar-refractivity contribution in [3.8, 4) is 6.07 Å². The summed E-state index contributed by atoms with van der Waals surface area (Å²) >= 11 is 0. The number of carboxylic acid groups (broad SMARTS) is 2. The first-order valence-corrected chi connectivity index (χ1v) is 7.60. The van der Waals surface area contributed by atoms with Crippen molar-refractivity contribution in [3.63, 3.8) is 0 Å². The lowest BCUT2D eigenvalue weighted by Crippen LogP contribution is -2.50. The Balaban J connectivity index is 3.01. The molecule has 0 radical (unpaired) electrons. The second-order valence-electron chi connectivity index (χ2n) is 4.61. The molecule has 0 amide bonds. The molecular formula is C11H16N2O6S. The third-order valence-electron chi connectivity index (χ3n) is 3.44. The first-order chi connectivity index (χ1) is 9.25. The first kappa shape index (κ1) is 16.4. The van der Waals surface area contributed by atoms with Gasteiger partial charge in [0.2, 0.25) is 10.0 Å². The lowest BCUT2D eigenvalue weighted by molar-refractivity contribution is -0.156. The van der Waals surface area contributed by atoms with Crippen molar-refractivity contribution in [3.05, 3.63) is 0 Å². The maximum atomic E-state index is 12.2. The fraction of sp³-hybridized carbons (Fsp3) is 0.727. The van der Waals surface area contributed by atoms with Gasteiger partial charge in [0.25, 0.3) is 0 Å². The molecule has 0 aromatic carbocycles. The molecular weight excluding hydrogens is 288 g/mol. The molecule has 0 aromatic rings. The van der Waals surface area contributed by atoms with Crippen LogP contribution in [0.15, 0.2) is 0 Å². The number of carboxylic acids is 2. The average molecular weight is 304 g/mol. The van der Waals surface area contributed by atoms with Gasteiger partial charge in [-0.25, -0.2) is 8.42 Å². The van der Waals surface area contributed by atoms with Crippen molar-refractivity contribution in [1.29, 1.82) is 5.26 Å². The molecule has 0 spiro atoms. The van der Waals surface area contributed by atoms with E-state index in [9.17, 15) is 18.0 Å². The first-order valence-electron chi connectivity index (χ1n) is 6.09. The third-order valence-corrected chi connectivity index (χ3v) is 5.65. The van der Waals surface area contributed by atoms with Crippen molar-refractivity contribution in [2.45, 2.75) is 25.0 Å². The number of nitrogens with zero attached hydrogens (tertiary/aromatic N) is 2. The van der Waals surface area contributed by atoms with Crippen LogP contribution >= 0.6 is 0 Å². The fourth-order valence-corrected chi connectivity index (χ4v) is 3.89. The highest BCUT2D eigenvalue weighted by Gasteiger charge is 2.43. The van der Waals surface area contributed by atoms with Gasteiger partial charge in [-0.15, -0.1) is 0 Å². The monoisotopic (exact) mass is 304 g/mol. The van der Waals surface area contributed by atoms with E-state index in [0.29, 0.717) is 0 Å². The van der Waals surface area contributed by atoms with E-state index in [1.807, 2.05) is 0 Å². The van der Waals surface area contributed by atoms with Crippen LogP contribution in [-0.4, -0.2) is 53.2 Å². The number of sulfonamides is 1. The van der Waals surface area contributed by atoms with Crippen molar-refractivity contribution in [2.24, 2.45) is 11.8 Å². The van der Waals surface area contributed by atoms with Crippen LogP contribution in [0.2, 0.25) is 0 Å². The lowest BCUT2D eigenvalue weighted by atomic mass is 9.86. The highest BCUT2D eigenvalue weighted by atomic mass is 32.2. The van der Waals surface area contributed by atoms with Crippen LogP contribution in [-0.2, 0) is 19.6 Å². The van der Waals surface area contributed by atoms with Crippen LogP contribution < -0.4 is 0 Å². The number of hydrogen-bond acceptors (Lipinski definition) is 5. The summed E-state index contributed by atoms with van der Waals surface area (Å²) < 4.78 is 25.2. The summed E-state index contributed by atoms with van der Waals surface area (Å²) in [6.45, 7) is 1.05. The second kappa shape index (κ2) is 6.19. The van der Waals surface area contributed by atoms with Crippen LogP contribution in [0.5, 0.6) is 0 Å². The van der Waals surface area contributed by atoms with Gasteiger partial charge in [-0.2, -0.15) is 9.57 Å². The summed E-state index contributed by atoms with van der Waals surface area (Å²) in [6.07, 6.45) is 0.0167. The van der Waals surface area contributed by atoms with E-state index < -0.39 is 45.6 Å².